The second kappa shape index (κ2) is 5.72. The van der Waals surface area contributed by atoms with Crippen LogP contribution in [-0.2, 0) is 16.6 Å². The van der Waals surface area contributed by atoms with Crippen molar-refractivity contribution in [3.05, 3.63) is 62.6 Å². The smallest absolute Gasteiger partial charge is 0.232 e. The van der Waals surface area contributed by atoms with Gasteiger partial charge in [0.15, 0.2) is 0 Å². The average Bonchev–Trinajstić information content (AvgIpc) is 2.41. The summed E-state index contributed by atoms with van der Waals surface area (Å²) in [6.07, 6.45) is 5.09. The fourth-order valence-corrected chi connectivity index (χ4v) is 3.96. The fourth-order valence-electron chi connectivity index (χ4n) is 2.48. The molecule has 2 aromatic rings. The van der Waals surface area contributed by atoms with Gasteiger partial charge in [-0.25, -0.2) is 8.42 Å². The Balaban J connectivity index is 2.26. The van der Waals surface area contributed by atoms with Crippen molar-refractivity contribution in [3.63, 3.8) is 0 Å². The fraction of sp³-hybridized carbons (Fsp3) is 0.125. The van der Waals surface area contributed by atoms with E-state index < -0.39 is 10.0 Å². The van der Waals surface area contributed by atoms with Crippen molar-refractivity contribution in [3.8, 4) is 0 Å². The minimum Gasteiger partial charge on any atom is -0.265 e. The molecule has 22 heavy (non-hydrogen) atoms. The van der Waals surface area contributed by atoms with Crippen LogP contribution in [0.15, 0.2) is 40.9 Å². The van der Waals surface area contributed by atoms with Crippen LogP contribution in [0.5, 0.6) is 0 Å². The molecule has 2 aromatic carbocycles. The van der Waals surface area contributed by atoms with Crippen molar-refractivity contribution >= 4 is 55.4 Å². The first-order valence-electron chi connectivity index (χ1n) is 6.58. The maximum Gasteiger partial charge on any atom is 0.232 e. The summed E-state index contributed by atoms with van der Waals surface area (Å²) >= 11 is 9.48. The summed E-state index contributed by atoms with van der Waals surface area (Å²) in [6, 6.07) is 11.1. The second-order valence-electron chi connectivity index (χ2n) is 5.15. The summed E-state index contributed by atoms with van der Waals surface area (Å²) in [5, 5.41) is 0.577. The van der Waals surface area contributed by atoms with Crippen molar-refractivity contribution in [1.29, 1.82) is 0 Å². The van der Waals surface area contributed by atoms with E-state index in [2.05, 4.69) is 15.9 Å². The Morgan fingerprint density at radius 2 is 1.82 bits per heavy atom. The largest absolute Gasteiger partial charge is 0.265 e. The monoisotopic (exact) mass is 397 g/mol. The molecule has 0 fully saturated rings. The Labute approximate surface area is 143 Å². The zero-order chi connectivity index (χ0) is 15.9. The minimum atomic E-state index is -3.41. The minimum absolute atomic E-state index is 0.284. The lowest BCUT2D eigenvalue weighted by Crippen LogP contribution is -2.30. The van der Waals surface area contributed by atoms with E-state index in [0.717, 1.165) is 21.2 Å². The first-order valence-corrected chi connectivity index (χ1v) is 9.60. The molecule has 0 bridgehead atoms. The molecule has 0 aliphatic carbocycles. The predicted octanol–water partition coefficient (Wildman–Crippen LogP) is 4.55. The van der Waals surface area contributed by atoms with E-state index in [9.17, 15) is 8.42 Å². The number of halogens is 2. The first-order chi connectivity index (χ1) is 10.3. The third kappa shape index (κ3) is 3.07. The molecule has 0 spiro atoms. The third-order valence-corrected chi connectivity index (χ3v) is 5.37. The van der Waals surface area contributed by atoms with Crippen LogP contribution in [0.4, 0.5) is 5.69 Å². The maximum atomic E-state index is 12.3. The summed E-state index contributed by atoms with van der Waals surface area (Å²) in [7, 11) is -3.41. The van der Waals surface area contributed by atoms with E-state index in [1.54, 1.807) is 18.2 Å². The Hall–Kier alpha value is -1.30. The van der Waals surface area contributed by atoms with Crippen LogP contribution in [-0.4, -0.2) is 14.7 Å². The van der Waals surface area contributed by atoms with Gasteiger partial charge in [0.1, 0.15) is 0 Å². The SMILES string of the molecule is CS(=O)(=O)N1Cc2cc(Br)ccc2C=Cc2cc(Cl)ccc21. The van der Waals surface area contributed by atoms with Gasteiger partial charge in [-0.1, -0.05) is 45.7 Å². The lowest BCUT2D eigenvalue weighted by molar-refractivity contribution is 0.596. The lowest BCUT2D eigenvalue weighted by Gasteiger charge is -2.26. The number of fused-ring (bicyclic) bond motifs is 2. The number of hydrogen-bond acceptors (Lipinski definition) is 2. The van der Waals surface area contributed by atoms with Crippen molar-refractivity contribution in [2.45, 2.75) is 6.54 Å². The van der Waals surface area contributed by atoms with Crippen LogP contribution in [0, 0.1) is 0 Å². The van der Waals surface area contributed by atoms with Crippen molar-refractivity contribution in [1.82, 2.24) is 0 Å². The second-order valence-corrected chi connectivity index (χ2v) is 8.41. The van der Waals surface area contributed by atoms with Crippen LogP contribution < -0.4 is 4.31 Å². The number of sulfonamides is 1. The topological polar surface area (TPSA) is 37.4 Å². The van der Waals surface area contributed by atoms with Gasteiger partial charge in [-0.15, -0.1) is 0 Å². The summed E-state index contributed by atoms with van der Waals surface area (Å²) in [5.41, 5.74) is 3.35. The van der Waals surface area contributed by atoms with Gasteiger partial charge in [-0.3, -0.25) is 4.31 Å². The molecule has 0 radical (unpaired) electrons. The van der Waals surface area contributed by atoms with Gasteiger partial charge in [-0.2, -0.15) is 0 Å². The zero-order valence-corrected chi connectivity index (χ0v) is 14.9. The molecule has 1 heterocycles. The Morgan fingerprint density at radius 1 is 1.09 bits per heavy atom. The van der Waals surface area contributed by atoms with Crippen LogP contribution in [0.3, 0.4) is 0 Å². The van der Waals surface area contributed by atoms with Crippen LogP contribution in [0.25, 0.3) is 12.2 Å². The van der Waals surface area contributed by atoms with Crippen LogP contribution in [0.1, 0.15) is 16.7 Å². The molecule has 0 saturated heterocycles. The molecule has 114 valence electrons. The van der Waals surface area contributed by atoms with Gasteiger partial charge in [-0.05, 0) is 41.5 Å². The summed E-state index contributed by atoms with van der Waals surface area (Å²) in [5.74, 6) is 0. The molecule has 0 amide bonds. The average molecular weight is 399 g/mol. The molecule has 1 aliphatic heterocycles. The molecule has 0 aromatic heterocycles. The Morgan fingerprint density at radius 3 is 2.55 bits per heavy atom. The number of hydrogen-bond donors (Lipinski definition) is 0. The van der Waals surface area contributed by atoms with Crippen LogP contribution in [0.2, 0.25) is 5.02 Å². The Bertz CT molecular complexity index is 878. The van der Waals surface area contributed by atoms with Gasteiger partial charge in [0, 0.05) is 15.1 Å². The van der Waals surface area contributed by atoms with E-state index in [-0.39, 0.29) is 6.54 Å². The molecule has 6 heteroatoms. The van der Waals surface area contributed by atoms with E-state index in [0.29, 0.717) is 10.7 Å². The number of rotatable bonds is 1. The molecular formula is C16H13BrClNO2S. The van der Waals surface area contributed by atoms with Gasteiger partial charge in [0.25, 0.3) is 0 Å². The van der Waals surface area contributed by atoms with E-state index in [4.69, 9.17) is 11.6 Å². The quantitative estimate of drug-likeness (QED) is 0.706. The van der Waals surface area contributed by atoms with E-state index in [1.165, 1.54) is 10.6 Å². The van der Waals surface area contributed by atoms with Gasteiger partial charge in [0.05, 0.1) is 18.5 Å². The number of benzene rings is 2. The first kappa shape index (κ1) is 15.6. The van der Waals surface area contributed by atoms with Crippen LogP contribution >= 0.6 is 27.5 Å². The van der Waals surface area contributed by atoms with E-state index >= 15 is 0 Å². The molecular weight excluding hydrogens is 386 g/mol. The summed E-state index contributed by atoms with van der Waals surface area (Å²) in [4.78, 5) is 0. The van der Waals surface area contributed by atoms with Gasteiger partial charge >= 0.3 is 0 Å². The Kier molecular flexibility index (Phi) is 4.05. The number of nitrogens with zero attached hydrogens (tertiary/aromatic N) is 1. The molecule has 3 nitrogen and oxygen atoms in total. The molecule has 0 N–H and O–H groups in total. The molecule has 1 aliphatic rings. The van der Waals surface area contributed by atoms with Gasteiger partial charge in [0.2, 0.25) is 10.0 Å². The van der Waals surface area contributed by atoms with Crippen molar-refractivity contribution in [2.75, 3.05) is 10.6 Å². The highest BCUT2D eigenvalue weighted by molar-refractivity contribution is 9.10. The highest BCUT2D eigenvalue weighted by atomic mass is 79.9. The third-order valence-electron chi connectivity index (χ3n) is 3.52. The highest BCUT2D eigenvalue weighted by Gasteiger charge is 2.22. The highest BCUT2D eigenvalue weighted by Crippen LogP contribution is 2.33. The maximum absolute atomic E-state index is 12.3. The summed E-state index contributed by atoms with van der Waals surface area (Å²) in [6.45, 7) is 0.284. The lowest BCUT2D eigenvalue weighted by atomic mass is 10.0. The molecule has 3 rings (SSSR count). The van der Waals surface area contributed by atoms with Gasteiger partial charge < -0.3 is 0 Å². The number of anilines is 1. The molecule has 0 atom stereocenters. The van der Waals surface area contributed by atoms with Crippen molar-refractivity contribution < 1.29 is 8.42 Å². The normalized spacial score (nSPS) is 14.0. The molecule has 0 saturated carbocycles. The van der Waals surface area contributed by atoms with Crippen molar-refractivity contribution in [2.24, 2.45) is 0 Å². The standard InChI is InChI=1S/C16H13BrClNO2S/c1-22(20,21)19-10-13-8-14(17)5-4-11(13)2-3-12-9-15(18)6-7-16(12)19/h2-9H,10H2,1H3. The zero-order valence-electron chi connectivity index (χ0n) is 11.8. The summed E-state index contributed by atoms with van der Waals surface area (Å²) < 4.78 is 26.8. The van der Waals surface area contributed by atoms with E-state index in [1.807, 2.05) is 30.4 Å². The predicted molar refractivity (Wildman–Crippen MR) is 95.5 cm³/mol. The molecule has 0 unspecified atom stereocenters.